The predicted molar refractivity (Wildman–Crippen MR) is 65.3 cm³/mol. The topological polar surface area (TPSA) is 66.5 Å². The molecule has 0 aliphatic rings. The number of H-pyrrole nitrogens is 1. The highest BCUT2D eigenvalue weighted by atomic mass is 19.1. The molecule has 2 N–H and O–H groups in total. The number of nitrogens with one attached hydrogen (secondary N) is 2. The molecule has 1 heterocycles. The Kier molecular flexibility index (Phi) is 3.66. The minimum absolute atomic E-state index is 0.00796. The van der Waals surface area contributed by atoms with Gasteiger partial charge in [-0.3, -0.25) is 0 Å². The van der Waals surface area contributed by atoms with Crippen LogP contribution in [-0.4, -0.2) is 20.6 Å². The minimum Gasteiger partial charge on any atom is -0.301 e. The van der Waals surface area contributed by atoms with Gasteiger partial charge in [-0.1, -0.05) is 17.3 Å². The first kappa shape index (κ1) is 12.6. The molecular weight excluding hydrogens is 233 g/mol. The van der Waals surface area contributed by atoms with E-state index in [9.17, 15) is 4.39 Å². The Hall–Kier alpha value is -1.82. The highest BCUT2D eigenvalue weighted by Crippen LogP contribution is 2.19. The molecule has 0 aliphatic carbocycles. The normalized spacial score (nSPS) is 14.4. The minimum atomic E-state index is -0.187. The average Bonchev–Trinajstić information content (AvgIpc) is 2.86. The van der Waals surface area contributed by atoms with Gasteiger partial charge in [0.25, 0.3) is 0 Å². The maximum Gasteiger partial charge on any atom is 0.191 e. The van der Waals surface area contributed by atoms with Crippen LogP contribution in [0.4, 0.5) is 4.39 Å². The van der Waals surface area contributed by atoms with E-state index < -0.39 is 0 Å². The fourth-order valence-corrected chi connectivity index (χ4v) is 1.78. The molecule has 0 fully saturated rings. The first-order valence-electron chi connectivity index (χ1n) is 5.83. The molecule has 0 amide bonds. The predicted octanol–water partition coefficient (Wildman–Crippen LogP) is 2.06. The molecule has 1 aromatic carbocycles. The Balaban J connectivity index is 2.07. The van der Waals surface area contributed by atoms with Gasteiger partial charge in [-0.05, 0) is 38.0 Å². The number of benzene rings is 1. The molecule has 0 spiro atoms. The number of hydrogen-bond acceptors (Lipinski definition) is 4. The van der Waals surface area contributed by atoms with Crippen LogP contribution in [0.5, 0.6) is 0 Å². The maximum absolute atomic E-state index is 13.5. The van der Waals surface area contributed by atoms with Crippen LogP contribution in [0.25, 0.3) is 0 Å². The highest BCUT2D eigenvalue weighted by Gasteiger charge is 2.15. The van der Waals surface area contributed by atoms with Crippen LogP contribution < -0.4 is 5.32 Å². The Morgan fingerprint density at radius 1 is 1.28 bits per heavy atom. The largest absolute Gasteiger partial charge is 0.301 e. The zero-order valence-corrected chi connectivity index (χ0v) is 10.6. The standard InChI is InChI=1S/C12H16FN5/c1-7-4-5-10(6-11(7)13)8(2)14-9(3)12-15-17-18-16-12/h4-6,8-9,14H,1-3H3,(H,15,16,17,18). The summed E-state index contributed by atoms with van der Waals surface area (Å²) in [5.41, 5.74) is 1.55. The van der Waals surface area contributed by atoms with Crippen molar-refractivity contribution in [3.05, 3.63) is 41.0 Å². The summed E-state index contributed by atoms with van der Waals surface area (Å²) in [4.78, 5) is 0. The van der Waals surface area contributed by atoms with E-state index in [-0.39, 0.29) is 17.9 Å². The van der Waals surface area contributed by atoms with Crippen LogP contribution in [0.2, 0.25) is 0 Å². The lowest BCUT2D eigenvalue weighted by molar-refractivity contribution is 0.474. The number of rotatable bonds is 4. The van der Waals surface area contributed by atoms with E-state index in [1.807, 2.05) is 19.9 Å². The lowest BCUT2D eigenvalue weighted by atomic mass is 10.1. The molecular formula is C12H16FN5. The summed E-state index contributed by atoms with van der Waals surface area (Å²) in [6, 6.07) is 5.20. The van der Waals surface area contributed by atoms with Crippen LogP contribution in [0.3, 0.4) is 0 Å². The van der Waals surface area contributed by atoms with E-state index in [4.69, 9.17) is 0 Å². The van der Waals surface area contributed by atoms with Crippen molar-refractivity contribution >= 4 is 0 Å². The SMILES string of the molecule is Cc1ccc(C(C)NC(C)c2nn[nH]n2)cc1F. The van der Waals surface area contributed by atoms with Crippen molar-refractivity contribution in [2.24, 2.45) is 0 Å². The van der Waals surface area contributed by atoms with Crippen LogP contribution in [0, 0.1) is 12.7 Å². The number of hydrogen-bond donors (Lipinski definition) is 2. The van der Waals surface area contributed by atoms with Crippen LogP contribution in [0.1, 0.15) is 42.9 Å². The third-order valence-corrected chi connectivity index (χ3v) is 2.94. The third kappa shape index (κ3) is 2.70. The molecule has 0 aliphatic heterocycles. The van der Waals surface area contributed by atoms with E-state index in [0.29, 0.717) is 11.4 Å². The summed E-state index contributed by atoms with van der Waals surface area (Å²) >= 11 is 0. The molecule has 2 unspecified atom stereocenters. The molecule has 0 saturated carbocycles. The summed E-state index contributed by atoms with van der Waals surface area (Å²) in [5.74, 6) is 0.405. The van der Waals surface area contributed by atoms with Gasteiger partial charge in [0, 0.05) is 6.04 Å². The van der Waals surface area contributed by atoms with Crippen molar-refractivity contribution in [2.75, 3.05) is 0 Å². The van der Waals surface area contributed by atoms with Crippen LogP contribution in [-0.2, 0) is 0 Å². The van der Waals surface area contributed by atoms with Crippen molar-refractivity contribution in [3.63, 3.8) is 0 Å². The quantitative estimate of drug-likeness (QED) is 0.870. The number of tetrazole rings is 1. The molecule has 6 heteroatoms. The molecule has 0 bridgehead atoms. The smallest absolute Gasteiger partial charge is 0.191 e. The monoisotopic (exact) mass is 249 g/mol. The van der Waals surface area contributed by atoms with E-state index >= 15 is 0 Å². The molecule has 18 heavy (non-hydrogen) atoms. The molecule has 0 saturated heterocycles. The molecule has 96 valence electrons. The fourth-order valence-electron chi connectivity index (χ4n) is 1.78. The van der Waals surface area contributed by atoms with Crippen molar-refractivity contribution < 1.29 is 4.39 Å². The summed E-state index contributed by atoms with van der Waals surface area (Å²) < 4.78 is 13.5. The Morgan fingerprint density at radius 3 is 2.67 bits per heavy atom. The maximum atomic E-state index is 13.5. The van der Waals surface area contributed by atoms with Gasteiger partial charge in [-0.25, -0.2) is 4.39 Å². The molecule has 0 radical (unpaired) electrons. The van der Waals surface area contributed by atoms with E-state index in [2.05, 4.69) is 25.9 Å². The van der Waals surface area contributed by atoms with Crippen LogP contribution >= 0.6 is 0 Å². The second-order valence-electron chi connectivity index (χ2n) is 4.39. The molecule has 2 aromatic rings. The fraction of sp³-hybridized carbons (Fsp3) is 0.417. The van der Waals surface area contributed by atoms with Gasteiger partial charge in [0.05, 0.1) is 6.04 Å². The van der Waals surface area contributed by atoms with Crippen LogP contribution in [0.15, 0.2) is 18.2 Å². The van der Waals surface area contributed by atoms with Crippen molar-refractivity contribution in [2.45, 2.75) is 32.9 Å². The Bertz CT molecular complexity index is 511. The molecule has 2 atom stereocenters. The van der Waals surface area contributed by atoms with E-state index in [0.717, 1.165) is 5.56 Å². The zero-order chi connectivity index (χ0) is 13.1. The Labute approximate surface area is 105 Å². The van der Waals surface area contributed by atoms with E-state index in [1.165, 1.54) is 0 Å². The lowest BCUT2D eigenvalue weighted by Gasteiger charge is -2.18. The van der Waals surface area contributed by atoms with Gasteiger partial charge >= 0.3 is 0 Å². The molecule has 5 nitrogen and oxygen atoms in total. The third-order valence-electron chi connectivity index (χ3n) is 2.94. The van der Waals surface area contributed by atoms with Gasteiger partial charge in [0.2, 0.25) is 0 Å². The van der Waals surface area contributed by atoms with Crippen molar-refractivity contribution in [3.8, 4) is 0 Å². The van der Waals surface area contributed by atoms with Gasteiger partial charge in [0.1, 0.15) is 5.82 Å². The first-order valence-corrected chi connectivity index (χ1v) is 5.83. The van der Waals surface area contributed by atoms with Gasteiger partial charge in [0.15, 0.2) is 5.82 Å². The summed E-state index contributed by atoms with van der Waals surface area (Å²) in [5, 5.41) is 17.0. The summed E-state index contributed by atoms with van der Waals surface area (Å²) in [6.45, 7) is 5.66. The summed E-state index contributed by atoms with van der Waals surface area (Å²) in [7, 11) is 0. The lowest BCUT2D eigenvalue weighted by Crippen LogP contribution is -2.23. The second-order valence-corrected chi connectivity index (χ2v) is 4.39. The van der Waals surface area contributed by atoms with Crippen molar-refractivity contribution in [1.82, 2.24) is 25.9 Å². The summed E-state index contributed by atoms with van der Waals surface area (Å²) in [6.07, 6.45) is 0. The molecule has 1 aromatic heterocycles. The van der Waals surface area contributed by atoms with Gasteiger partial charge in [-0.2, -0.15) is 5.21 Å². The number of nitrogens with zero attached hydrogens (tertiary/aromatic N) is 3. The number of aryl methyl sites for hydroxylation is 1. The zero-order valence-electron chi connectivity index (χ0n) is 10.6. The number of halogens is 1. The number of aromatic nitrogens is 4. The Morgan fingerprint density at radius 2 is 2.06 bits per heavy atom. The van der Waals surface area contributed by atoms with Gasteiger partial charge in [-0.15, -0.1) is 10.2 Å². The highest BCUT2D eigenvalue weighted by molar-refractivity contribution is 5.25. The second kappa shape index (κ2) is 5.22. The van der Waals surface area contributed by atoms with E-state index in [1.54, 1.807) is 19.1 Å². The number of aromatic amines is 1. The molecule has 2 rings (SSSR count). The van der Waals surface area contributed by atoms with Gasteiger partial charge < -0.3 is 5.32 Å². The first-order chi connectivity index (χ1) is 8.58. The van der Waals surface area contributed by atoms with Crippen molar-refractivity contribution in [1.29, 1.82) is 0 Å². The average molecular weight is 249 g/mol.